The lowest BCUT2D eigenvalue weighted by Crippen LogP contribution is -2.65. The SMILES string of the molecule is CC(C)C1CNC(C)(C2CC2)CN1c1c(Br)cccc1Br. The number of hydrogen-bond acceptors (Lipinski definition) is 2. The van der Waals surface area contributed by atoms with E-state index in [1.807, 2.05) is 0 Å². The fourth-order valence-electron chi connectivity index (χ4n) is 3.57. The minimum absolute atomic E-state index is 0.250. The van der Waals surface area contributed by atoms with Crippen molar-refractivity contribution in [2.75, 3.05) is 18.0 Å². The van der Waals surface area contributed by atoms with E-state index in [0.717, 1.165) is 19.0 Å². The minimum atomic E-state index is 0.250. The van der Waals surface area contributed by atoms with Gasteiger partial charge in [0.25, 0.3) is 0 Å². The third kappa shape index (κ3) is 3.04. The molecule has 2 unspecified atom stereocenters. The highest BCUT2D eigenvalue weighted by molar-refractivity contribution is 9.11. The van der Waals surface area contributed by atoms with Gasteiger partial charge in [-0.3, -0.25) is 0 Å². The first-order chi connectivity index (χ1) is 9.92. The topological polar surface area (TPSA) is 15.3 Å². The van der Waals surface area contributed by atoms with Crippen LogP contribution in [0.3, 0.4) is 0 Å². The zero-order valence-corrected chi connectivity index (χ0v) is 16.2. The molecule has 2 nitrogen and oxygen atoms in total. The number of nitrogens with zero attached hydrogens (tertiary/aromatic N) is 1. The molecule has 2 aliphatic rings. The number of halogens is 2. The van der Waals surface area contributed by atoms with Gasteiger partial charge < -0.3 is 10.2 Å². The minimum Gasteiger partial charge on any atom is -0.363 e. The molecule has 0 radical (unpaired) electrons. The molecular formula is C17H24Br2N2. The highest BCUT2D eigenvalue weighted by atomic mass is 79.9. The molecule has 116 valence electrons. The zero-order valence-electron chi connectivity index (χ0n) is 13.0. The highest BCUT2D eigenvalue weighted by Crippen LogP contribution is 2.44. The summed E-state index contributed by atoms with van der Waals surface area (Å²) in [4.78, 5) is 2.62. The maximum atomic E-state index is 3.86. The Morgan fingerprint density at radius 3 is 2.38 bits per heavy atom. The van der Waals surface area contributed by atoms with E-state index >= 15 is 0 Å². The molecule has 1 heterocycles. The second-order valence-electron chi connectivity index (χ2n) is 7.08. The lowest BCUT2D eigenvalue weighted by atomic mass is 9.87. The Morgan fingerprint density at radius 2 is 1.86 bits per heavy atom. The summed E-state index contributed by atoms with van der Waals surface area (Å²) in [5, 5.41) is 3.86. The van der Waals surface area contributed by atoms with Gasteiger partial charge in [0.15, 0.2) is 0 Å². The van der Waals surface area contributed by atoms with Crippen molar-refractivity contribution in [1.29, 1.82) is 0 Å². The van der Waals surface area contributed by atoms with Gasteiger partial charge in [0.2, 0.25) is 0 Å². The van der Waals surface area contributed by atoms with Crippen LogP contribution in [-0.2, 0) is 0 Å². The van der Waals surface area contributed by atoms with Crippen molar-refractivity contribution >= 4 is 37.5 Å². The van der Waals surface area contributed by atoms with Crippen molar-refractivity contribution in [2.24, 2.45) is 11.8 Å². The van der Waals surface area contributed by atoms with Crippen molar-refractivity contribution < 1.29 is 0 Å². The van der Waals surface area contributed by atoms with Gasteiger partial charge in [0.1, 0.15) is 0 Å². The molecule has 4 heteroatoms. The number of nitrogens with one attached hydrogen (secondary N) is 1. The Kier molecular flexibility index (Phi) is 4.41. The van der Waals surface area contributed by atoms with Gasteiger partial charge in [-0.15, -0.1) is 0 Å². The molecule has 1 N–H and O–H groups in total. The van der Waals surface area contributed by atoms with Gasteiger partial charge >= 0.3 is 0 Å². The second kappa shape index (κ2) is 5.86. The molecular weight excluding hydrogens is 392 g/mol. The van der Waals surface area contributed by atoms with Crippen molar-refractivity contribution in [3.05, 3.63) is 27.1 Å². The van der Waals surface area contributed by atoms with Gasteiger partial charge in [-0.25, -0.2) is 0 Å². The molecule has 1 aromatic rings. The molecule has 21 heavy (non-hydrogen) atoms. The molecule has 3 rings (SSSR count). The first kappa shape index (κ1) is 15.8. The maximum Gasteiger partial charge on any atom is 0.0658 e. The van der Waals surface area contributed by atoms with E-state index in [9.17, 15) is 0 Å². The monoisotopic (exact) mass is 414 g/mol. The fourth-order valence-corrected chi connectivity index (χ4v) is 5.03. The molecule has 1 aliphatic heterocycles. The lowest BCUT2D eigenvalue weighted by molar-refractivity contribution is 0.233. The Hall–Kier alpha value is -0.0600. The van der Waals surface area contributed by atoms with Crippen LogP contribution in [-0.4, -0.2) is 24.7 Å². The van der Waals surface area contributed by atoms with Crippen molar-refractivity contribution in [3.8, 4) is 0 Å². The molecule has 1 aromatic carbocycles. The number of anilines is 1. The van der Waals surface area contributed by atoms with Crippen molar-refractivity contribution in [1.82, 2.24) is 5.32 Å². The number of piperazine rings is 1. The van der Waals surface area contributed by atoms with Crippen LogP contribution in [0, 0.1) is 11.8 Å². The molecule has 1 saturated heterocycles. The average Bonchev–Trinajstić information content (AvgIpc) is 3.23. The Morgan fingerprint density at radius 1 is 1.24 bits per heavy atom. The molecule has 0 spiro atoms. The van der Waals surface area contributed by atoms with Crippen LogP contribution in [0.15, 0.2) is 27.1 Å². The predicted molar refractivity (Wildman–Crippen MR) is 96.9 cm³/mol. The van der Waals surface area contributed by atoms with Crippen molar-refractivity contribution in [3.63, 3.8) is 0 Å². The maximum absolute atomic E-state index is 3.86. The molecule has 0 amide bonds. The van der Waals surface area contributed by atoms with Crippen LogP contribution in [0.1, 0.15) is 33.6 Å². The summed E-state index contributed by atoms with van der Waals surface area (Å²) < 4.78 is 2.37. The van der Waals surface area contributed by atoms with Crippen LogP contribution < -0.4 is 10.2 Å². The van der Waals surface area contributed by atoms with E-state index in [1.165, 1.54) is 27.5 Å². The summed E-state index contributed by atoms with van der Waals surface area (Å²) in [6, 6.07) is 6.92. The van der Waals surface area contributed by atoms with Gasteiger partial charge in [-0.1, -0.05) is 19.9 Å². The summed E-state index contributed by atoms with van der Waals surface area (Å²) in [5.74, 6) is 1.47. The average molecular weight is 416 g/mol. The quantitative estimate of drug-likeness (QED) is 0.761. The first-order valence-electron chi connectivity index (χ1n) is 7.88. The molecule has 2 fully saturated rings. The Bertz CT molecular complexity index is 507. The summed E-state index contributed by atoms with van der Waals surface area (Å²) in [7, 11) is 0. The van der Waals surface area contributed by atoms with Crippen molar-refractivity contribution in [2.45, 2.75) is 45.2 Å². The lowest BCUT2D eigenvalue weighted by Gasteiger charge is -2.49. The number of rotatable bonds is 3. The first-order valence-corrected chi connectivity index (χ1v) is 9.46. The van der Waals surface area contributed by atoms with E-state index < -0.39 is 0 Å². The van der Waals surface area contributed by atoms with Gasteiger partial charge in [0, 0.05) is 33.6 Å². The van der Waals surface area contributed by atoms with Crippen LogP contribution in [0.2, 0.25) is 0 Å². The van der Waals surface area contributed by atoms with Crippen LogP contribution in [0.4, 0.5) is 5.69 Å². The Balaban J connectivity index is 1.97. The Labute approximate surface area is 144 Å². The van der Waals surface area contributed by atoms with E-state index in [-0.39, 0.29) is 5.54 Å². The summed E-state index contributed by atoms with van der Waals surface area (Å²) >= 11 is 7.51. The predicted octanol–water partition coefficient (Wildman–Crippen LogP) is 4.81. The normalized spacial score (nSPS) is 30.0. The zero-order chi connectivity index (χ0) is 15.2. The summed E-state index contributed by atoms with van der Waals surface area (Å²) in [6.07, 6.45) is 2.75. The van der Waals surface area contributed by atoms with E-state index in [1.54, 1.807) is 0 Å². The largest absolute Gasteiger partial charge is 0.363 e. The van der Waals surface area contributed by atoms with Crippen LogP contribution in [0.25, 0.3) is 0 Å². The van der Waals surface area contributed by atoms with Gasteiger partial charge in [-0.2, -0.15) is 0 Å². The number of para-hydroxylation sites is 1. The molecule has 2 atom stereocenters. The van der Waals surface area contributed by atoms with E-state index in [4.69, 9.17) is 0 Å². The van der Waals surface area contributed by atoms with Crippen LogP contribution >= 0.6 is 31.9 Å². The smallest absolute Gasteiger partial charge is 0.0658 e. The van der Waals surface area contributed by atoms with Gasteiger partial charge in [0.05, 0.1) is 5.69 Å². The highest BCUT2D eigenvalue weighted by Gasteiger charge is 2.47. The third-order valence-electron chi connectivity index (χ3n) is 5.09. The number of benzene rings is 1. The summed E-state index contributed by atoms with van der Waals surface area (Å²) in [6.45, 7) is 9.20. The molecule has 0 bridgehead atoms. The third-order valence-corrected chi connectivity index (χ3v) is 6.37. The molecule has 1 saturated carbocycles. The second-order valence-corrected chi connectivity index (χ2v) is 8.79. The van der Waals surface area contributed by atoms with Crippen LogP contribution in [0.5, 0.6) is 0 Å². The molecule has 1 aliphatic carbocycles. The summed E-state index contributed by atoms with van der Waals surface area (Å²) in [5.41, 5.74) is 1.56. The fraction of sp³-hybridized carbons (Fsp3) is 0.647. The van der Waals surface area contributed by atoms with Gasteiger partial charge in [-0.05, 0) is 75.6 Å². The standard InChI is InChI=1S/C17H24Br2N2/c1-11(2)15-9-20-17(3,12-7-8-12)10-21(15)16-13(18)5-4-6-14(16)19/h4-6,11-12,15,20H,7-10H2,1-3H3. The van der Waals surface area contributed by atoms with E-state index in [0.29, 0.717) is 12.0 Å². The van der Waals surface area contributed by atoms with E-state index in [2.05, 4.69) is 81.0 Å². The molecule has 0 aromatic heterocycles. The number of hydrogen-bond donors (Lipinski definition) is 1.